The summed E-state index contributed by atoms with van der Waals surface area (Å²) in [5, 5.41) is 8.78. The molecule has 1 saturated heterocycles. The molecule has 1 N–H and O–H groups in total. The molecule has 0 saturated carbocycles. The van der Waals surface area contributed by atoms with Crippen LogP contribution < -0.4 is 0 Å². The van der Waals surface area contributed by atoms with E-state index in [1.54, 1.807) is 0 Å². The lowest BCUT2D eigenvalue weighted by Crippen LogP contribution is -2.35. The number of piperidine rings is 1. The Bertz CT molecular complexity index is 427. The molecule has 1 aliphatic rings. The number of carboxylic acid groups (broad SMARTS) is 1. The molecule has 20 heavy (non-hydrogen) atoms. The molecule has 1 fully saturated rings. The maximum Gasteiger partial charge on any atom is 0.303 e. The Labute approximate surface area is 121 Å². The van der Waals surface area contributed by atoms with E-state index in [0.29, 0.717) is 12.3 Å². The SMILES string of the molecule is CCc1ccc(CN2CCCC(CCC(=O)O)C2)cc1. The van der Waals surface area contributed by atoms with Gasteiger partial charge in [0.1, 0.15) is 0 Å². The molecule has 110 valence electrons. The van der Waals surface area contributed by atoms with E-state index in [9.17, 15) is 4.79 Å². The van der Waals surface area contributed by atoms with E-state index >= 15 is 0 Å². The van der Waals surface area contributed by atoms with Crippen molar-refractivity contribution in [2.75, 3.05) is 13.1 Å². The molecule has 2 rings (SSSR count). The zero-order valence-electron chi connectivity index (χ0n) is 12.3. The Morgan fingerprint density at radius 3 is 2.65 bits per heavy atom. The summed E-state index contributed by atoms with van der Waals surface area (Å²) < 4.78 is 0. The largest absolute Gasteiger partial charge is 0.481 e. The third kappa shape index (κ3) is 4.64. The number of hydrogen-bond donors (Lipinski definition) is 1. The molecule has 1 aromatic carbocycles. The standard InChI is InChI=1S/C17H25NO2/c1-2-14-5-7-16(8-6-14)13-18-11-3-4-15(12-18)9-10-17(19)20/h5-8,15H,2-4,9-13H2,1H3,(H,19,20). The van der Waals surface area contributed by atoms with Gasteiger partial charge in [0.25, 0.3) is 0 Å². The van der Waals surface area contributed by atoms with Crippen LogP contribution in [0.15, 0.2) is 24.3 Å². The number of nitrogens with zero attached hydrogens (tertiary/aromatic N) is 1. The second-order valence-electron chi connectivity index (χ2n) is 5.85. The molecule has 3 heteroatoms. The van der Waals surface area contributed by atoms with Crippen LogP contribution in [0, 0.1) is 5.92 Å². The summed E-state index contributed by atoms with van der Waals surface area (Å²) in [5.74, 6) is -0.118. The number of likely N-dealkylation sites (tertiary alicyclic amines) is 1. The molecule has 0 aliphatic carbocycles. The van der Waals surface area contributed by atoms with Crippen LogP contribution >= 0.6 is 0 Å². The van der Waals surface area contributed by atoms with Crippen molar-refractivity contribution >= 4 is 5.97 Å². The number of carbonyl (C=O) groups is 1. The van der Waals surface area contributed by atoms with Crippen LogP contribution in [0.1, 0.15) is 43.7 Å². The fourth-order valence-corrected chi connectivity index (χ4v) is 3.00. The molecule has 1 atom stereocenters. The molecule has 1 unspecified atom stereocenters. The van der Waals surface area contributed by atoms with Gasteiger partial charge in [-0.05, 0) is 49.3 Å². The second-order valence-corrected chi connectivity index (χ2v) is 5.85. The molecule has 0 amide bonds. The maximum absolute atomic E-state index is 10.7. The Morgan fingerprint density at radius 1 is 1.30 bits per heavy atom. The zero-order valence-corrected chi connectivity index (χ0v) is 12.3. The average Bonchev–Trinajstić information content (AvgIpc) is 2.46. The molecular formula is C17H25NO2. The van der Waals surface area contributed by atoms with Gasteiger partial charge in [0, 0.05) is 19.5 Å². The first-order valence-corrected chi connectivity index (χ1v) is 7.69. The first-order chi connectivity index (χ1) is 9.67. The number of benzene rings is 1. The van der Waals surface area contributed by atoms with Crippen LogP contribution in [-0.4, -0.2) is 29.1 Å². The van der Waals surface area contributed by atoms with Gasteiger partial charge in [0.2, 0.25) is 0 Å². The highest BCUT2D eigenvalue weighted by Gasteiger charge is 2.20. The van der Waals surface area contributed by atoms with Gasteiger partial charge in [-0.3, -0.25) is 9.69 Å². The van der Waals surface area contributed by atoms with E-state index in [4.69, 9.17) is 5.11 Å². The van der Waals surface area contributed by atoms with Crippen LogP contribution in [0.3, 0.4) is 0 Å². The fraction of sp³-hybridized carbons (Fsp3) is 0.588. The van der Waals surface area contributed by atoms with Crippen molar-refractivity contribution in [3.05, 3.63) is 35.4 Å². The van der Waals surface area contributed by atoms with E-state index in [2.05, 4.69) is 36.1 Å². The van der Waals surface area contributed by atoms with Crippen molar-refractivity contribution < 1.29 is 9.90 Å². The van der Waals surface area contributed by atoms with Gasteiger partial charge in [-0.25, -0.2) is 0 Å². The summed E-state index contributed by atoms with van der Waals surface area (Å²) in [5.41, 5.74) is 2.74. The number of hydrogen-bond acceptors (Lipinski definition) is 2. The number of rotatable bonds is 6. The quantitative estimate of drug-likeness (QED) is 0.865. The van der Waals surface area contributed by atoms with Crippen LogP contribution in [0.25, 0.3) is 0 Å². The minimum Gasteiger partial charge on any atom is -0.481 e. The summed E-state index contributed by atoms with van der Waals surface area (Å²) in [6.07, 6.45) is 4.58. The third-order valence-electron chi connectivity index (χ3n) is 4.21. The lowest BCUT2D eigenvalue weighted by Gasteiger charge is -2.32. The van der Waals surface area contributed by atoms with Gasteiger partial charge < -0.3 is 5.11 Å². The first kappa shape index (κ1) is 15.0. The molecule has 1 aromatic rings. The molecule has 3 nitrogen and oxygen atoms in total. The van der Waals surface area contributed by atoms with Crippen molar-refractivity contribution in [1.82, 2.24) is 4.90 Å². The molecule has 0 spiro atoms. The van der Waals surface area contributed by atoms with Gasteiger partial charge in [0.05, 0.1) is 0 Å². The topological polar surface area (TPSA) is 40.5 Å². The summed E-state index contributed by atoms with van der Waals surface area (Å²) in [6.45, 7) is 5.35. The minimum atomic E-state index is -0.669. The van der Waals surface area contributed by atoms with Crippen molar-refractivity contribution in [2.24, 2.45) is 5.92 Å². The molecular weight excluding hydrogens is 250 g/mol. The number of aryl methyl sites for hydroxylation is 1. The van der Waals surface area contributed by atoms with Crippen LogP contribution in [0.2, 0.25) is 0 Å². The lowest BCUT2D eigenvalue weighted by molar-refractivity contribution is -0.137. The van der Waals surface area contributed by atoms with E-state index in [1.807, 2.05) is 0 Å². The van der Waals surface area contributed by atoms with Gasteiger partial charge in [-0.1, -0.05) is 31.2 Å². The third-order valence-corrected chi connectivity index (χ3v) is 4.21. The van der Waals surface area contributed by atoms with E-state index < -0.39 is 5.97 Å². The summed E-state index contributed by atoms with van der Waals surface area (Å²) in [6, 6.07) is 8.86. The highest BCUT2D eigenvalue weighted by Crippen LogP contribution is 2.22. The minimum absolute atomic E-state index is 0.309. The first-order valence-electron chi connectivity index (χ1n) is 7.69. The summed E-state index contributed by atoms with van der Waals surface area (Å²) in [4.78, 5) is 13.1. The van der Waals surface area contributed by atoms with Crippen molar-refractivity contribution in [2.45, 2.75) is 45.6 Å². The van der Waals surface area contributed by atoms with Gasteiger partial charge in [-0.15, -0.1) is 0 Å². The normalized spacial score (nSPS) is 19.9. The van der Waals surface area contributed by atoms with Crippen LogP contribution in [-0.2, 0) is 17.8 Å². The maximum atomic E-state index is 10.7. The van der Waals surface area contributed by atoms with Crippen molar-refractivity contribution in [1.29, 1.82) is 0 Å². The highest BCUT2D eigenvalue weighted by atomic mass is 16.4. The van der Waals surface area contributed by atoms with Crippen molar-refractivity contribution in [3.63, 3.8) is 0 Å². The second kappa shape index (κ2) is 7.44. The number of carboxylic acids is 1. The fourth-order valence-electron chi connectivity index (χ4n) is 3.00. The molecule has 0 radical (unpaired) electrons. The predicted molar refractivity (Wildman–Crippen MR) is 80.7 cm³/mol. The predicted octanol–water partition coefficient (Wildman–Crippen LogP) is 3.33. The van der Waals surface area contributed by atoms with Gasteiger partial charge in [0.15, 0.2) is 0 Å². The van der Waals surface area contributed by atoms with E-state index in [1.165, 1.54) is 24.0 Å². The monoisotopic (exact) mass is 275 g/mol. The Kier molecular flexibility index (Phi) is 5.60. The van der Waals surface area contributed by atoms with Crippen LogP contribution in [0.4, 0.5) is 0 Å². The smallest absolute Gasteiger partial charge is 0.303 e. The average molecular weight is 275 g/mol. The van der Waals surface area contributed by atoms with Gasteiger partial charge >= 0.3 is 5.97 Å². The molecule has 1 aliphatic heterocycles. The summed E-state index contributed by atoms with van der Waals surface area (Å²) >= 11 is 0. The van der Waals surface area contributed by atoms with E-state index in [0.717, 1.165) is 32.5 Å². The highest BCUT2D eigenvalue weighted by molar-refractivity contribution is 5.66. The van der Waals surface area contributed by atoms with E-state index in [-0.39, 0.29) is 0 Å². The Balaban J connectivity index is 1.83. The zero-order chi connectivity index (χ0) is 14.4. The summed E-state index contributed by atoms with van der Waals surface area (Å²) in [7, 11) is 0. The van der Waals surface area contributed by atoms with Gasteiger partial charge in [-0.2, -0.15) is 0 Å². The molecule has 0 bridgehead atoms. The molecule has 0 aromatic heterocycles. The number of aliphatic carboxylic acids is 1. The Hall–Kier alpha value is -1.35. The Morgan fingerprint density at radius 2 is 2.00 bits per heavy atom. The lowest BCUT2D eigenvalue weighted by atomic mass is 9.93. The van der Waals surface area contributed by atoms with Crippen LogP contribution in [0.5, 0.6) is 0 Å². The van der Waals surface area contributed by atoms with Crippen molar-refractivity contribution in [3.8, 4) is 0 Å². The molecule has 1 heterocycles.